The van der Waals surface area contributed by atoms with Gasteiger partial charge in [0.25, 0.3) is 5.56 Å². The second-order valence-electron chi connectivity index (χ2n) is 9.09. The maximum Gasteiger partial charge on any atom is 0.288 e. The molecule has 0 atom stereocenters. The van der Waals surface area contributed by atoms with Crippen molar-refractivity contribution in [3.05, 3.63) is 51.0 Å². The van der Waals surface area contributed by atoms with E-state index in [1.54, 1.807) is 0 Å². The lowest BCUT2D eigenvalue weighted by Crippen LogP contribution is -2.40. The van der Waals surface area contributed by atoms with Gasteiger partial charge in [0.2, 0.25) is 5.91 Å². The van der Waals surface area contributed by atoms with Crippen LogP contribution >= 0.6 is 0 Å². The Hall–Kier alpha value is -3.62. The molecular formula is C24H28N6O3. The minimum Gasteiger partial charge on any atom is -0.454 e. The summed E-state index contributed by atoms with van der Waals surface area (Å²) in [7, 11) is 0. The van der Waals surface area contributed by atoms with Gasteiger partial charge in [-0.1, -0.05) is 11.6 Å². The molecule has 0 bridgehead atoms. The van der Waals surface area contributed by atoms with Crippen molar-refractivity contribution in [2.75, 3.05) is 24.6 Å². The fraction of sp³-hybridized carbons (Fsp3) is 0.417. The molecule has 0 spiro atoms. The molecule has 1 saturated carbocycles. The molecule has 2 fully saturated rings. The molecule has 1 saturated heterocycles. The summed E-state index contributed by atoms with van der Waals surface area (Å²) >= 11 is 0. The number of anilines is 2. The number of furan rings is 1. The second kappa shape index (κ2) is 8.06. The number of nitrogens with zero attached hydrogens (tertiary/aromatic N) is 3. The summed E-state index contributed by atoms with van der Waals surface area (Å²) in [4.78, 5) is 31.7. The third-order valence-corrected chi connectivity index (χ3v) is 6.61. The van der Waals surface area contributed by atoms with E-state index < -0.39 is 5.56 Å². The lowest BCUT2D eigenvalue weighted by Gasteiger charge is -2.30. The van der Waals surface area contributed by atoms with E-state index in [4.69, 9.17) is 20.9 Å². The first-order chi connectivity index (χ1) is 15.8. The van der Waals surface area contributed by atoms with Crippen LogP contribution in [0.2, 0.25) is 0 Å². The molecule has 2 aliphatic rings. The molecule has 3 aromatic rings. The average Bonchev–Trinajstić information content (AvgIpc) is 3.61. The van der Waals surface area contributed by atoms with Crippen molar-refractivity contribution in [2.45, 2.75) is 45.6 Å². The Morgan fingerprint density at radius 2 is 1.91 bits per heavy atom. The van der Waals surface area contributed by atoms with Gasteiger partial charge in [-0.3, -0.25) is 14.6 Å². The number of aromatic amines is 1. The average molecular weight is 449 g/mol. The smallest absolute Gasteiger partial charge is 0.288 e. The lowest BCUT2D eigenvalue weighted by molar-refractivity contribution is -0.133. The zero-order valence-corrected chi connectivity index (χ0v) is 18.9. The number of nitrogens with two attached hydrogens (primary N) is 2. The first-order valence-corrected chi connectivity index (χ1v) is 11.3. The fourth-order valence-electron chi connectivity index (χ4n) is 4.51. The molecule has 1 aliphatic carbocycles. The van der Waals surface area contributed by atoms with Gasteiger partial charge in [0.15, 0.2) is 11.6 Å². The van der Waals surface area contributed by atoms with E-state index in [2.05, 4.69) is 16.3 Å². The number of carbonyl (C=O) groups excluding carboxylic acids is 1. The lowest BCUT2D eigenvalue weighted by atomic mass is 10.0. The minimum absolute atomic E-state index is 0.0429. The van der Waals surface area contributed by atoms with E-state index >= 15 is 0 Å². The highest BCUT2D eigenvalue weighted by atomic mass is 16.3. The normalized spacial score (nSPS) is 17.6. The van der Waals surface area contributed by atoms with E-state index in [1.165, 1.54) is 0 Å². The van der Waals surface area contributed by atoms with Crippen molar-refractivity contribution in [3.8, 4) is 0 Å². The molecule has 9 heteroatoms. The van der Waals surface area contributed by atoms with E-state index in [0.29, 0.717) is 24.6 Å². The molecule has 0 unspecified atom stereocenters. The van der Waals surface area contributed by atoms with Gasteiger partial charge in [-0.25, -0.2) is 5.10 Å². The number of nitrogens with one attached hydrogen (secondary N) is 1. The minimum atomic E-state index is -0.527. The molecule has 33 heavy (non-hydrogen) atoms. The molecule has 5 rings (SSSR count). The van der Waals surface area contributed by atoms with Crippen LogP contribution in [-0.4, -0.2) is 45.8 Å². The maximum absolute atomic E-state index is 12.4. The van der Waals surface area contributed by atoms with E-state index in [1.807, 2.05) is 30.9 Å². The number of amides is 1. The number of likely N-dealkylation sites (tertiary alicyclic amines) is 1. The number of H-pyrrole nitrogens is 1. The topological polar surface area (TPSA) is 144 Å². The quantitative estimate of drug-likeness (QED) is 0.523. The molecule has 172 valence electrons. The van der Waals surface area contributed by atoms with E-state index in [0.717, 1.165) is 47.8 Å². The Kier molecular flexibility index (Phi) is 5.19. The number of aryl methyl sites for hydroxylation is 2. The summed E-state index contributed by atoms with van der Waals surface area (Å²) < 4.78 is 6.21. The third-order valence-electron chi connectivity index (χ3n) is 6.61. The number of aromatic nitrogens is 2. The summed E-state index contributed by atoms with van der Waals surface area (Å²) in [6, 6.07) is 5.90. The molecule has 5 N–H and O–H groups in total. The second-order valence-corrected chi connectivity index (χ2v) is 9.09. The molecule has 1 amide bonds. The molecule has 0 radical (unpaired) electrons. The SMILES string of the molecule is Cc1ccc2oc(C(=NC3CCN(C(=O)C4CC4)CC3)c3c(N)n[nH]c(=O)c3N)c(C)c2c1. The molecule has 3 heterocycles. The summed E-state index contributed by atoms with van der Waals surface area (Å²) in [5, 5.41) is 7.21. The number of aliphatic imine (C=N–C) groups is 1. The Morgan fingerprint density at radius 1 is 1.18 bits per heavy atom. The van der Waals surface area contributed by atoms with Crippen LogP contribution in [0.25, 0.3) is 11.0 Å². The Labute approximate surface area is 190 Å². The third kappa shape index (κ3) is 3.88. The summed E-state index contributed by atoms with van der Waals surface area (Å²) in [6.07, 6.45) is 3.44. The monoisotopic (exact) mass is 448 g/mol. The number of hydrogen-bond donors (Lipinski definition) is 3. The highest BCUT2D eigenvalue weighted by molar-refractivity contribution is 6.18. The van der Waals surface area contributed by atoms with Gasteiger partial charge in [0.1, 0.15) is 17.0 Å². The fourth-order valence-corrected chi connectivity index (χ4v) is 4.51. The number of fused-ring (bicyclic) bond motifs is 1. The Morgan fingerprint density at radius 3 is 2.61 bits per heavy atom. The predicted molar refractivity (Wildman–Crippen MR) is 127 cm³/mol. The van der Waals surface area contributed by atoms with Gasteiger partial charge in [-0.05, 0) is 51.7 Å². The summed E-state index contributed by atoms with van der Waals surface area (Å²) in [6.45, 7) is 5.30. The van der Waals surface area contributed by atoms with E-state index in [-0.39, 0.29) is 34.9 Å². The number of carbonyl (C=O) groups is 1. The predicted octanol–water partition coefficient (Wildman–Crippen LogP) is 2.54. The van der Waals surface area contributed by atoms with Crippen molar-refractivity contribution in [3.63, 3.8) is 0 Å². The Balaban J connectivity index is 1.57. The largest absolute Gasteiger partial charge is 0.454 e. The maximum atomic E-state index is 12.4. The van der Waals surface area contributed by atoms with E-state index in [9.17, 15) is 9.59 Å². The first-order valence-electron chi connectivity index (χ1n) is 11.3. The van der Waals surface area contributed by atoms with Gasteiger partial charge < -0.3 is 20.8 Å². The molecule has 9 nitrogen and oxygen atoms in total. The zero-order chi connectivity index (χ0) is 23.3. The van der Waals surface area contributed by atoms with Crippen LogP contribution in [0, 0.1) is 19.8 Å². The van der Waals surface area contributed by atoms with Crippen molar-refractivity contribution in [2.24, 2.45) is 10.9 Å². The number of benzene rings is 1. The van der Waals surface area contributed by atoms with Crippen molar-refractivity contribution in [1.29, 1.82) is 0 Å². The van der Waals surface area contributed by atoms with Gasteiger partial charge >= 0.3 is 0 Å². The summed E-state index contributed by atoms with van der Waals surface area (Å²) in [5.41, 5.74) is 15.2. The van der Waals surface area contributed by atoms with Crippen molar-refractivity contribution in [1.82, 2.24) is 15.1 Å². The van der Waals surface area contributed by atoms with Crippen molar-refractivity contribution >= 4 is 34.1 Å². The van der Waals surface area contributed by atoms with Crippen LogP contribution in [0.3, 0.4) is 0 Å². The van der Waals surface area contributed by atoms with Gasteiger partial charge in [-0.2, -0.15) is 5.10 Å². The standard InChI is InChI=1S/C24H28N6O3/c1-12-3-6-17-16(11-12)13(2)21(33-17)20(18-19(25)23(31)29-28-22(18)26)27-15-7-9-30(10-8-15)24(32)14-4-5-14/h3,6,11,14-15H,4-5,7-10H2,1-2H3,(H,29,31)(H4,25,26,28). The molecule has 2 aromatic heterocycles. The number of rotatable bonds is 4. The van der Waals surface area contributed by atoms with Gasteiger partial charge in [0.05, 0.1) is 11.6 Å². The van der Waals surface area contributed by atoms with Crippen LogP contribution in [0.15, 0.2) is 32.4 Å². The molecule has 1 aliphatic heterocycles. The number of hydrogen-bond acceptors (Lipinski definition) is 7. The van der Waals surface area contributed by atoms with Gasteiger partial charge in [0, 0.05) is 30.0 Å². The molecule has 1 aromatic carbocycles. The van der Waals surface area contributed by atoms with Crippen LogP contribution in [0.1, 0.15) is 48.1 Å². The zero-order valence-electron chi connectivity index (χ0n) is 18.9. The first kappa shape index (κ1) is 21.2. The highest BCUT2D eigenvalue weighted by Gasteiger charge is 2.35. The highest BCUT2D eigenvalue weighted by Crippen LogP contribution is 2.33. The van der Waals surface area contributed by atoms with Gasteiger partial charge in [-0.15, -0.1) is 0 Å². The van der Waals surface area contributed by atoms with Crippen LogP contribution in [0.4, 0.5) is 11.5 Å². The molecular weight excluding hydrogens is 420 g/mol. The number of piperidine rings is 1. The number of nitrogen functional groups attached to an aromatic ring is 2. The van der Waals surface area contributed by atoms with Crippen molar-refractivity contribution < 1.29 is 9.21 Å². The van der Waals surface area contributed by atoms with Crippen LogP contribution in [0.5, 0.6) is 0 Å². The summed E-state index contributed by atoms with van der Waals surface area (Å²) in [5.74, 6) is 1.08. The Bertz CT molecular complexity index is 1330. The van der Waals surface area contributed by atoms with Crippen LogP contribution in [-0.2, 0) is 4.79 Å². The van der Waals surface area contributed by atoms with Crippen LogP contribution < -0.4 is 17.0 Å².